The maximum absolute atomic E-state index is 5.55. The van der Waals surface area contributed by atoms with Gasteiger partial charge in [-0.1, -0.05) is 18.2 Å². The van der Waals surface area contributed by atoms with E-state index < -0.39 is 0 Å². The Morgan fingerprint density at radius 1 is 1.04 bits per heavy atom. The summed E-state index contributed by atoms with van der Waals surface area (Å²) in [5.41, 5.74) is 7.08. The summed E-state index contributed by atoms with van der Waals surface area (Å²) in [7, 11) is 3.42. The number of nitrogens with one attached hydrogen (secondary N) is 1. The smallest absolute Gasteiger partial charge is 0.161 e. The third-order valence-corrected chi connectivity index (χ3v) is 5.43. The van der Waals surface area contributed by atoms with Crippen LogP contribution in [0.2, 0.25) is 0 Å². The number of benzene rings is 2. The Kier molecular flexibility index (Phi) is 4.75. The summed E-state index contributed by atoms with van der Waals surface area (Å²) in [6.07, 6.45) is 2.26. The zero-order chi connectivity index (χ0) is 16.0. The molecule has 128 valence electrons. The van der Waals surface area contributed by atoms with Crippen molar-refractivity contribution in [1.82, 2.24) is 5.32 Å². The first kappa shape index (κ1) is 17.1. The first-order valence-corrected chi connectivity index (χ1v) is 8.29. The summed E-state index contributed by atoms with van der Waals surface area (Å²) in [6, 6.07) is 11.5. The lowest BCUT2D eigenvalue weighted by Gasteiger charge is -2.40. The number of hydrogen-bond acceptors (Lipinski definition) is 3. The van der Waals surface area contributed by atoms with Crippen LogP contribution in [-0.4, -0.2) is 20.3 Å². The molecule has 0 radical (unpaired) electrons. The van der Waals surface area contributed by atoms with E-state index in [-0.39, 0.29) is 12.4 Å². The molecule has 1 aliphatic heterocycles. The largest absolute Gasteiger partial charge is 0.493 e. The van der Waals surface area contributed by atoms with Crippen molar-refractivity contribution in [2.75, 3.05) is 14.2 Å². The molecule has 0 spiro atoms. The molecule has 1 N–H and O–H groups in total. The van der Waals surface area contributed by atoms with Gasteiger partial charge in [0.25, 0.3) is 0 Å². The van der Waals surface area contributed by atoms with Gasteiger partial charge < -0.3 is 14.8 Å². The molecular formula is C20H24ClNO2. The lowest BCUT2D eigenvalue weighted by Crippen LogP contribution is -2.42. The monoisotopic (exact) mass is 345 g/mol. The van der Waals surface area contributed by atoms with Gasteiger partial charge in [-0.05, 0) is 59.7 Å². The molecule has 0 aromatic heterocycles. The number of rotatable bonds is 2. The summed E-state index contributed by atoms with van der Waals surface area (Å²) < 4.78 is 11.0. The molecule has 2 atom stereocenters. The Labute approximate surface area is 149 Å². The Bertz CT molecular complexity index is 760. The number of fused-ring (bicyclic) bond motifs is 5. The van der Waals surface area contributed by atoms with E-state index in [9.17, 15) is 0 Å². The molecule has 0 fully saturated rings. The van der Waals surface area contributed by atoms with Crippen LogP contribution >= 0.6 is 12.4 Å². The number of ether oxygens (including phenoxy) is 2. The summed E-state index contributed by atoms with van der Waals surface area (Å²) in [6.45, 7) is 3.19. The lowest BCUT2D eigenvalue weighted by atomic mass is 9.72. The molecule has 0 bridgehead atoms. The summed E-state index contributed by atoms with van der Waals surface area (Å²) in [4.78, 5) is 0. The van der Waals surface area contributed by atoms with E-state index in [1.54, 1.807) is 14.2 Å². The molecule has 3 nitrogen and oxygen atoms in total. The minimum Gasteiger partial charge on any atom is -0.493 e. The zero-order valence-electron chi connectivity index (χ0n) is 14.4. The first-order chi connectivity index (χ1) is 11.2. The predicted octanol–water partition coefficient (Wildman–Crippen LogP) is 3.98. The van der Waals surface area contributed by atoms with Crippen molar-refractivity contribution in [3.63, 3.8) is 0 Å². The molecule has 2 aromatic carbocycles. The molecule has 0 saturated carbocycles. The summed E-state index contributed by atoms with van der Waals surface area (Å²) >= 11 is 0. The van der Waals surface area contributed by atoms with Crippen LogP contribution in [-0.2, 0) is 13.0 Å². The quantitative estimate of drug-likeness (QED) is 0.893. The van der Waals surface area contributed by atoms with E-state index in [1.165, 1.54) is 34.2 Å². The maximum Gasteiger partial charge on any atom is 0.161 e. The molecular weight excluding hydrogens is 322 g/mol. The zero-order valence-corrected chi connectivity index (χ0v) is 15.2. The normalized spacial score (nSPS) is 21.0. The van der Waals surface area contributed by atoms with Gasteiger partial charge in [0.1, 0.15) is 0 Å². The Hall–Kier alpha value is -1.71. The average Bonchev–Trinajstić information content (AvgIpc) is 2.60. The Morgan fingerprint density at radius 3 is 2.54 bits per heavy atom. The minimum atomic E-state index is 0. The van der Waals surface area contributed by atoms with E-state index in [1.807, 2.05) is 0 Å². The summed E-state index contributed by atoms with van der Waals surface area (Å²) in [5, 5.41) is 3.75. The number of methoxy groups -OCH3 is 2. The minimum absolute atomic E-state index is 0. The fourth-order valence-electron chi connectivity index (χ4n) is 4.23. The van der Waals surface area contributed by atoms with E-state index in [2.05, 4.69) is 42.6 Å². The average molecular weight is 346 g/mol. The number of aryl methyl sites for hydroxylation is 2. The standard InChI is InChI=1S/C20H23NO2.ClH/c1-12-5-4-6-14-16(12)11-21-17-8-7-13-9-18(22-2)19(23-3)10-15(13)20(14)17;/h4-6,9-10,17,20-21H,7-8,11H2,1-3H3;1H/t17-,20-;/m1./s1. The van der Waals surface area contributed by atoms with Crippen molar-refractivity contribution in [2.45, 2.75) is 38.3 Å². The Morgan fingerprint density at radius 2 is 1.79 bits per heavy atom. The molecule has 0 amide bonds. The van der Waals surface area contributed by atoms with Crippen LogP contribution in [0.25, 0.3) is 0 Å². The van der Waals surface area contributed by atoms with Crippen LogP contribution in [0.4, 0.5) is 0 Å². The van der Waals surface area contributed by atoms with Crippen molar-refractivity contribution < 1.29 is 9.47 Å². The van der Waals surface area contributed by atoms with Gasteiger partial charge in [0, 0.05) is 18.5 Å². The first-order valence-electron chi connectivity index (χ1n) is 8.29. The van der Waals surface area contributed by atoms with Gasteiger partial charge in [0.15, 0.2) is 11.5 Å². The van der Waals surface area contributed by atoms with E-state index in [4.69, 9.17) is 9.47 Å². The second-order valence-corrected chi connectivity index (χ2v) is 6.55. The van der Waals surface area contributed by atoms with Crippen LogP contribution in [0, 0.1) is 6.92 Å². The van der Waals surface area contributed by atoms with Crippen molar-refractivity contribution in [2.24, 2.45) is 0 Å². The van der Waals surface area contributed by atoms with Crippen molar-refractivity contribution in [3.8, 4) is 11.5 Å². The van der Waals surface area contributed by atoms with Crippen molar-refractivity contribution in [1.29, 1.82) is 0 Å². The highest BCUT2D eigenvalue weighted by molar-refractivity contribution is 5.85. The Balaban J connectivity index is 0.00000169. The number of hydrogen-bond donors (Lipinski definition) is 1. The molecule has 1 heterocycles. The highest BCUT2D eigenvalue weighted by Gasteiger charge is 2.36. The molecule has 24 heavy (non-hydrogen) atoms. The SMILES string of the molecule is COc1cc2c(cc1OC)[C@H]1c3cccc(C)c3CN[C@@H]1CC2.Cl. The lowest BCUT2D eigenvalue weighted by molar-refractivity contribution is 0.348. The van der Waals surface area contributed by atoms with Gasteiger partial charge in [0.05, 0.1) is 14.2 Å². The maximum atomic E-state index is 5.55. The fraction of sp³-hybridized carbons (Fsp3) is 0.400. The molecule has 1 aliphatic carbocycles. The fourth-order valence-corrected chi connectivity index (χ4v) is 4.23. The molecule has 2 aliphatic rings. The molecule has 0 unspecified atom stereocenters. The molecule has 4 heteroatoms. The van der Waals surface area contributed by atoms with Gasteiger partial charge in [-0.25, -0.2) is 0 Å². The second-order valence-electron chi connectivity index (χ2n) is 6.55. The van der Waals surface area contributed by atoms with E-state index >= 15 is 0 Å². The number of halogens is 1. The third-order valence-electron chi connectivity index (χ3n) is 5.43. The van der Waals surface area contributed by atoms with Crippen LogP contribution in [0.15, 0.2) is 30.3 Å². The van der Waals surface area contributed by atoms with Crippen molar-refractivity contribution in [3.05, 3.63) is 58.1 Å². The van der Waals surface area contributed by atoms with E-state index in [0.29, 0.717) is 12.0 Å². The van der Waals surface area contributed by atoms with Gasteiger partial charge in [0.2, 0.25) is 0 Å². The van der Waals surface area contributed by atoms with Crippen LogP contribution in [0.3, 0.4) is 0 Å². The molecule has 0 saturated heterocycles. The second kappa shape index (κ2) is 6.66. The van der Waals surface area contributed by atoms with Gasteiger partial charge in [-0.15, -0.1) is 12.4 Å². The van der Waals surface area contributed by atoms with Gasteiger partial charge >= 0.3 is 0 Å². The van der Waals surface area contributed by atoms with Crippen molar-refractivity contribution >= 4 is 12.4 Å². The van der Waals surface area contributed by atoms with Gasteiger partial charge in [-0.2, -0.15) is 0 Å². The van der Waals surface area contributed by atoms with Crippen LogP contribution in [0.5, 0.6) is 11.5 Å². The highest BCUT2D eigenvalue weighted by Crippen LogP contribution is 2.45. The topological polar surface area (TPSA) is 30.5 Å². The summed E-state index contributed by atoms with van der Waals surface area (Å²) in [5.74, 6) is 2.06. The van der Waals surface area contributed by atoms with Gasteiger partial charge in [-0.3, -0.25) is 0 Å². The van der Waals surface area contributed by atoms with Crippen LogP contribution in [0.1, 0.15) is 40.2 Å². The third kappa shape index (κ3) is 2.56. The predicted molar refractivity (Wildman–Crippen MR) is 98.8 cm³/mol. The van der Waals surface area contributed by atoms with Crippen LogP contribution < -0.4 is 14.8 Å². The molecule has 2 aromatic rings. The van der Waals surface area contributed by atoms with E-state index in [0.717, 1.165) is 24.5 Å². The highest BCUT2D eigenvalue weighted by atomic mass is 35.5. The molecule has 4 rings (SSSR count).